The molecule has 0 aliphatic carbocycles. The molecule has 26 heavy (non-hydrogen) atoms. The van der Waals surface area contributed by atoms with Gasteiger partial charge >= 0.3 is 0 Å². The number of nitrogens with one attached hydrogen (secondary N) is 2. The molecule has 0 aliphatic rings. The Kier molecular flexibility index (Phi) is 7.35. The van der Waals surface area contributed by atoms with Crippen LogP contribution in [0, 0.1) is 0 Å². The normalized spacial score (nSPS) is 10.2. The number of anilines is 1. The minimum absolute atomic E-state index is 0.117. The molecule has 0 aromatic heterocycles. The van der Waals surface area contributed by atoms with E-state index >= 15 is 0 Å². The lowest BCUT2D eigenvalue weighted by Gasteiger charge is -2.14. The van der Waals surface area contributed by atoms with E-state index in [4.69, 9.17) is 17.0 Å². The molecule has 0 saturated heterocycles. The van der Waals surface area contributed by atoms with E-state index in [1.165, 1.54) is 0 Å². The Labute approximate surface area is 158 Å². The van der Waals surface area contributed by atoms with Crippen molar-refractivity contribution < 1.29 is 14.3 Å². The molecule has 2 aromatic rings. The van der Waals surface area contributed by atoms with Gasteiger partial charge in [-0.3, -0.25) is 9.59 Å². The zero-order valence-electron chi connectivity index (χ0n) is 15.0. The van der Waals surface area contributed by atoms with E-state index < -0.39 is 0 Å². The molecule has 0 fully saturated rings. The summed E-state index contributed by atoms with van der Waals surface area (Å²) in [7, 11) is 3.57. The minimum atomic E-state index is -0.197. The summed E-state index contributed by atoms with van der Waals surface area (Å²) in [5, 5.41) is 7.97. The summed E-state index contributed by atoms with van der Waals surface area (Å²) in [5.74, 6) is -0.390. The SMILES string of the molecule is CN(C)C(=S)OCCNC(=O)CCC(=O)Nc1cccc2ccccc12. The fraction of sp³-hybridized carbons (Fsp3) is 0.316. The largest absolute Gasteiger partial charge is 0.469 e. The molecule has 0 radical (unpaired) electrons. The summed E-state index contributed by atoms with van der Waals surface area (Å²) in [4.78, 5) is 25.6. The number of carbonyl (C=O) groups is 2. The topological polar surface area (TPSA) is 70.7 Å². The molecule has 2 rings (SSSR count). The molecule has 2 aromatic carbocycles. The molecule has 138 valence electrons. The van der Waals surface area contributed by atoms with E-state index in [-0.39, 0.29) is 24.7 Å². The van der Waals surface area contributed by atoms with Gasteiger partial charge in [-0.15, -0.1) is 0 Å². The number of ether oxygens (including phenoxy) is 1. The van der Waals surface area contributed by atoms with Crippen molar-refractivity contribution in [2.75, 3.05) is 32.6 Å². The van der Waals surface area contributed by atoms with Gasteiger partial charge in [-0.25, -0.2) is 0 Å². The number of fused-ring (bicyclic) bond motifs is 1. The van der Waals surface area contributed by atoms with Crippen molar-refractivity contribution in [1.82, 2.24) is 10.2 Å². The summed E-state index contributed by atoms with van der Waals surface area (Å²) >= 11 is 4.98. The Morgan fingerprint density at radius 3 is 2.50 bits per heavy atom. The van der Waals surface area contributed by atoms with E-state index in [0.29, 0.717) is 18.3 Å². The van der Waals surface area contributed by atoms with Crippen LogP contribution in [0.5, 0.6) is 0 Å². The zero-order valence-corrected chi connectivity index (χ0v) is 15.8. The van der Waals surface area contributed by atoms with Gasteiger partial charge < -0.3 is 20.3 Å². The molecule has 0 unspecified atom stereocenters. The number of nitrogens with zero attached hydrogens (tertiary/aromatic N) is 1. The number of amides is 2. The van der Waals surface area contributed by atoms with Crippen LogP contribution >= 0.6 is 12.2 Å². The maximum Gasteiger partial charge on any atom is 0.258 e. The average molecular weight is 373 g/mol. The van der Waals surface area contributed by atoms with Gasteiger partial charge in [0.05, 0.1) is 6.54 Å². The summed E-state index contributed by atoms with van der Waals surface area (Å²) in [5.41, 5.74) is 0.749. The van der Waals surface area contributed by atoms with Crippen molar-refractivity contribution in [1.29, 1.82) is 0 Å². The molecule has 0 saturated carbocycles. The van der Waals surface area contributed by atoms with Gasteiger partial charge in [0.2, 0.25) is 11.8 Å². The lowest BCUT2D eigenvalue weighted by atomic mass is 10.1. The van der Waals surface area contributed by atoms with Gasteiger partial charge in [-0.1, -0.05) is 36.4 Å². The van der Waals surface area contributed by atoms with E-state index in [2.05, 4.69) is 10.6 Å². The van der Waals surface area contributed by atoms with E-state index in [1.54, 1.807) is 19.0 Å². The number of carbonyl (C=O) groups excluding carboxylic acids is 2. The molecule has 0 heterocycles. The molecule has 7 heteroatoms. The second-order valence-electron chi connectivity index (χ2n) is 5.93. The van der Waals surface area contributed by atoms with Crippen LogP contribution in [-0.4, -0.2) is 49.1 Å². The number of thiocarbonyl (C=S) groups is 1. The monoisotopic (exact) mass is 373 g/mol. The third kappa shape index (κ3) is 6.00. The summed E-state index contributed by atoms with van der Waals surface area (Å²) in [6.07, 6.45) is 0.237. The van der Waals surface area contributed by atoms with Crippen LogP contribution in [0.25, 0.3) is 10.8 Å². The first-order chi connectivity index (χ1) is 12.5. The Morgan fingerprint density at radius 1 is 1.04 bits per heavy atom. The summed E-state index contributed by atoms with van der Waals surface area (Å²) < 4.78 is 5.26. The molecule has 0 bridgehead atoms. The van der Waals surface area contributed by atoms with Crippen LogP contribution in [0.3, 0.4) is 0 Å². The van der Waals surface area contributed by atoms with Gasteiger partial charge in [0.15, 0.2) is 0 Å². The van der Waals surface area contributed by atoms with E-state index in [9.17, 15) is 9.59 Å². The molecule has 2 amide bonds. The maximum absolute atomic E-state index is 12.1. The van der Waals surface area contributed by atoms with Gasteiger partial charge in [-0.2, -0.15) is 0 Å². The first-order valence-electron chi connectivity index (χ1n) is 8.36. The molecule has 0 spiro atoms. The van der Waals surface area contributed by atoms with E-state index in [1.807, 2.05) is 42.5 Å². The van der Waals surface area contributed by atoms with Gasteiger partial charge in [0, 0.05) is 38.0 Å². The highest BCUT2D eigenvalue weighted by molar-refractivity contribution is 7.80. The maximum atomic E-state index is 12.1. The average Bonchev–Trinajstić information content (AvgIpc) is 2.63. The third-order valence-corrected chi connectivity index (χ3v) is 4.14. The Hall–Kier alpha value is -2.67. The highest BCUT2D eigenvalue weighted by Gasteiger charge is 2.09. The Balaban J connectivity index is 1.73. The summed E-state index contributed by atoms with van der Waals surface area (Å²) in [6, 6.07) is 13.6. The first kappa shape index (κ1) is 19.7. The van der Waals surface area contributed by atoms with Crippen LogP contribution in [0.15, 0.2) is 42.5 Å². The van der Waals surface area contributed by atoms with Crippen LogP contribution < -0.4 is 10.6 Å². The van der Waals surface area contributed by atoms with Crippen LogP contribution in [0.1, 0.15) is 12.8 Å². The van der Waals surface area contributed by atoms with Crippen molar-refractivity contribution in [2.45, 2.75) is 12.8 Å². The van der Waals surface area contributed by atoms with Gasteiger partial charge in [0.25, 0.3) is 5.17 Å². The van der Waals surface area contributed by atoms with Crippen LogP contribution in [0.4, 0.5) is 5.69 Å². The van der Waals surface area contributed by atoms with Crippen molar-refractivity contribution in [3.05, 3.63) is 42.5 Å². The highest BCUT2D eigenvalue weighted by atomic mass is 32.1. The smallest absolute Gasteiger partial charge is 0.258 e. The van der Waals surface area contributed by atoms with Crippen LogP contribution in [-0.2, 0) is 14.3 Å². The summed E-state index contributed by atoms with van der Waals surface area (Å²) in [6.45, 7) is 0.642. The number of rotatable bonds is 7. The fourth-order valence-corrected chi connectivity index (χ4v) is 2.40. The molecule has 2 N–H and O–H groups in total. The predicted molar refractivity (Wildman–Crippen MR) is 107 cm³/mol. The lowest BCUT2D eigenvalue weighted by Crippen LogP contribution is -2.30. The lowest BCUT2D eigenvalue weighted by molar-refractivity contribution is -0.124. The quantitative estimate of drug-likeness (QED) is 0.577. The van der Waals surface area contributed by atoms with Gasteiger partial charge in [0.1, 0.15) is 6.61 Å². The van der Waals surface area contributed by atoms with Crippen molar-refractivity contribution in [3.8, 4) is 0 Å². The fourth-order valence-electron chi connectivity index (χ4n) is 2.32. The molecular weight excluding hydrogens is 350 g/mol. The second-order valence-corrected chi connectivity index (χ2v) is 6.28. The minimum Gasteiger partial charge on any atom is -0.469 e. The number of hydrogen-bond acceptors (Lipinski definition) is 4. The van der Waals surface area contributed by atoms with Crippen LogP contribution in [0.2, 0.25) is 0 Å². The molecular formula is C19H23N3O3S. The van der Waals surface area contributed by atoms with E-state index in [0.717, 1.165) is 16.5 Å². The predicted octanol–water partition coefficient (Wildman–Crippen LogP) is 2.54. The van der Waals surface area contributed by atoms with Crippen molar-refractivity contribution in [3.63, 3.8) is 0 Å². The number of hydrogen-bond donors (Lipinski definition) is 2. The molecule has 6 nitrogen and oxygen atoms in total. The Bertz CT molecular complexity index is 787. The van der Waals surface area contributed by atoms with Crippen molar-refractivity contribution in [2.24, 2.45) is 0 Å². The second kappa shape index (κ2) is 9.72. The molecule has 0 atom stereocenters. The standard InChI is InChI=1S/C19H23N3O3S/c1-22(2)19(26)25-13-12-20-17(23)10-11-18(24)21-16-9-5-7-14-6-3-4-8-15(14)16/h3-9H,10-13H2,1-2H3,(H,20,23)(H,21,24). The first-order valence-corrected chi connectivity index (χ1v) is 8.76. The third-order valence-electron chi connectivity index (χ3n) is 3.66. The molecule has 0 aliphatic heterocycles. The zero-order chi connectivity index (χ0) is 18.9. The highest BCUT2D eigenvalue weighted by Crippen LogP contribution is 2.23. The number of benzene rings is 2. The van der Waals surface area contributed by atoms with Crippen molar-refractivity contribution >= 4 is 45.7 Å². The van der Waals surface area contributed by atoms with Gasteiger partial charge in [-0.05, 0) is 23.7 Å². The Morgan fingerprint density at radius 2 is 1.73 bits per heavy atom.